The van der Waals surface area contributed by atoms with E-state index in [0.29, 0.717) is 5.11 Å². The fraction of sp³-hybridized carbons (Fsp3) is 0.200. The number of aryl methyl sites for hydroxylation is 2. The minimum Gasteiger partial charge on any atom is -0.497 e. The van der Waals surface area contributed by atoms with E-state index < -0.39 is 0 Å². The number of thiocarbonyl (C=S) groups is 1. The molecular formula is C20H22N4OS. The van der Waals surface area contributed by atoms with E-state index in [1.54, 1.807) is 7.11 Å². The van der Waals surface area contributed by atoms with E-state index in [4.69, 9.17) is 17.0 Å². The summed E-state index contributed by atoms with van der Waals surface area (Å²) in [5, 5.41) is 11.4. The van der Waals surface area contributed by atoms with Crippen LogP contribution in [0, 0.1) is 13.8 Å². The van der Waals surface area contributed by atoms with Gasteiger partial charge in [-0.05, 0) is 74.1 Å². The topological polar surface area (TPSA) is 51.1 Å². The molecule has 2 aromatic carbocycles. The van der Waals surface area contributed by atoms with Gasteiger partial charge < -0.3 is 15.4 Å². The molecule has 0 saturated heterocycles. The summed E-state index contributed by atoms with van der Waals surface area (Å²) in [5.41, 5.74) is 5.18. The number of nitrogens with zero attached hydrogens (tertiary/aromatic N) is 2. The summed E-state index contributed by atoms with van der Waals surface area (Å²) in [4.78, 5) is 0. The molecule has 1 heterocycles. The molecule has 3 rings (SSSR count). The molecule has 2 N–H and O–H groups in total. The third kappa shape index (κ3) is 4.61. The van der Waals surface area contributed by atoms with E-state index >= 15 is 0 Å². The first-order chi connectivity index (χ1) is 12.5. The van der Waals surface area contributed by atoms with Gasteiger partial charge in [-0.3, -0.25) is 4.68 Å². The highest BCUT2D eigenvalue weighted by Gasteiger charge is 2.04. The average molecular weight is 366 g/mol. The summed E-state index contributed by atoms with van der Waals surface area (Å²) in [6.45, 7) is 4.80. The van der Waals surface area contributed by atoms with Crippen LogP contribution in [0.3, 0.4) is 0 Å². The van der Waals surface area contributed by atoms with Crippen molar-refractivity contribution in [3.63, 3.8) is 0 Å². The molecular weight excluding hydrogens is 344 g/mol. The molecule has 0 aliphatic heterocycles. The lowest BCUT2D eigenvalue weighted by Crippen LogP contribution is -2.19. The van der Waals surface area contributed by atoms with Crippen LogP contribution in [-0.4, -0.2) is 22.0 Å². The van der Waals surface area contributed by atoms with Crippen molar-refractivity contribution in [3.05, 3.63) is 71.5 Å². The molecule has 0 fully saturated rings. The molecule has 0 spiro atoms. The predicted octanol–water partition coefficient (Wildman–Crippen LogP) is 4.37. The SMILES string of the molecule is COc1ccc(NC(=S)Nc2cccc(Cn3nc(C)cc3C)c2)cc1. The molecule has 0 amide bonds. The molecule has 1 aromatic heterocycles. The Kier molecular flexibility index (Phi) is 5.53. The molecule has 0 bridgehead atoms. The highest BCUT2D eigenvalue weighted by Crippen LogP contribution is 2.17. The van der Waals surface area contributed by atoms with Crippen LogP contribution in [0.2, 0.25) is 0 Å². The first-order valence-electron chi connectivity index (χ1n) is 8.35. The van der Waals surface area contributed by atoms with Crippen LogP contribution in [0.1, 0.15) is 17.0 Å². The number of rotatable bonds is 5. The van der Waals surface area contributed by atoms with Gasteiger partial charge in [-0.15, -0.1) is 0 Å². The maximum atomic E-state index is 5.41. The van der Waals surface area contributed by atoms with E-state index in [-0.39, 0.29) is 0 Å². The van der Waals surface area contributed by atoms with Crippen molar-refractivity contribution in [1.29, 1.82) is 0 Å². The monoisotopic (exact) mass is 366 g/mol. The Balaban J connectivity index is 1.64. The highest BCUT2D eigenvalue weighted by atomic mass is 32.1. The molecule has 0 radical (unpaired) electrons. The van der Waals surface area contributed by atoms with Crippen LogP contribution < -0.4 is 15.4 Å². The largest absolute Gasteiger partial charge is 0.497 e. The van der Waals surface area contributed by atoms with Crippen molar-refractivity contribution in [3.8, 4) is 5.75 Å². The quantitative estimate of drug-likeness (QED) is 0.657. The van der Waals surface area contributed by atoms with Crippen molar-refractivity contribution in [2.75, 3.05) is 17.7 Å². The maximum Gasteiger partial charge on any atom is 0.175 e. The van der Waals surface area contributed by atoms with Crippen LogP contribution in [-0.2, 0) is 6.54 Å². The summed E-state index contributed by atoms with van der Waals surface area (Å²) in [7, 11) is 1.65. The van der Waals surface area contributed by atoms with Gasteiger partial charge in [0, 0.05) is 17.1 Å². The summed E-state index contributed by atoms with van der Waals surface area (Å²) in [6.07, 6.45) is 0. The summed E-state index contributed by atoms with van der Waals surface area (Å²) in [5.74, 6) is 0.811. The Morgan fingerprint density at radius 1 is 1.04 bits per heavy atom. The van der Waals surface area contributed by atoms with Crippen LogP contribution in [0.5, 0.6) is 5.75 Å². The summed E-state index contributed by atoms with van der Waals surface area (Å²) >= 11 is 5.41. The van der Waals surface area contributed by atoms with Gasteiger partial charge in [0.05, 0.1) is 19.3 Å². The number of aromatic nitrogens is 2. The van der Waals surface area contributed by atoms with E-state index in [1.165, 1.54) is 0 Å². The number of anilines is 2. The Morgan fingerprint density at radius 3 is 2.42 bits per heavy atom. The highest BCUT2D eigenvalue weighted by molar-refractivity contribution is 7.80. The Morgan fingerprint density at radius 2 is 1.77 bits per heavy atom. The van der Waals surface area contributed by atoms with Gasteiger partial charge in [0.25, 0.3) is 0 Å². The lowest BCUT2D eigenvalue weighted by molar-refractivity contribution is 0.415. The number of hydrogen-bond donors (Lipinski definition) is 2. The molecule has 0 unspecified atom stereocenters. The van der Waals surface area contributed by atoms with Crippen LogP contribution in [0.25, 0.3) is 0 Å². The normalized spacial score (nSPS) is 10.4. The number of hydrogen-bond acceptors (Lipinski definition) is 3. The number of nitrogens with one attached hydrogen (secondary N) is 2. The average Bonchev–Trinajstić information content (AvgIpc) is 2.93. The lowest BCUT2D eigenvalue weighted by Gasteiger charge is -2.12. The maximum absolute atomic E-state index is 5.41. The zero-order valence-corrected chi connectivity index (χ0v) is 15.9. The number of ether oxygens (including phenoxy) is 1. The zero-order valence-electron chi connectivity index (χ0n) is 15.1. The van der Waals surface area contributed by atoms with Gasteiger partial charge in [-0.25, -0.2) is 0 Å². The van der Waals surface area contributed by atoms with E-state index in [0.717, 1.165) is 40.6 Å². The molecule has 6 heteroatoms. The molecule has 0 aliphatic carbocycles. The zero-order chi connectivity index (χ0) is 18.5. The van der Waals surface area contributed by atoms with Crippen molar-refractivity contribution in [1.82, 2.24) is 9.78 Å². The van der Waals surface area contributed by atoms with Crippen molar-refractivity contribution >= 4 is 28.7 Å². The summed E-state index contributed by atoms with van der Waals surface area (Å²) < 4.78 is 7.16. The second-order valence-electron chi connectivity index (χ2n) is 6.09. The summed E-state index contributed by atoms with van der Waals surface area (Å²) in [6, 6.07) is 17.9. The minimum absolute atomic E-state index is 0.540. The number of benzene rings is 2. The molecule has 0 atom stereocenters. The molecule has 5 nitrogen and oxygen atoms in total. The third-order valence-corrected chi connectivity index (χ3v) is 4.17. The van der Waals surface area contributed by atoms with Crippen LogP contribution in [0.4, 0.5) is 11.4 Å². The molecule has 0 saturated carbocycles. The standard InChI is InChI=1S/C20H22N4OS/c1-14-11-15(2)24(23-14)13-16-5-4-6-18(12-16)22-20(26)21-17-7-9-19(25-3)10-8-17/h4-12H,13H2,1-3H3,(H2,21,22,26). The Hall–Kier alpha value is -2.86. The first-order valence-corrected chi connectivity index (χ1v) is 8.76. The predicted molar refractivity (Wildman–Crippen MR) is 110 cm³/mol. The third-order valence-electron chi connectivity index (χ3n) is 3.97. The van der Waals surface area contributed by atoms with E-state index in [2.05, 4.69) is 40.9 Å². The first kappa shape index (κ1) is 17.9. The van der Waals surface area contributed by atoms with Gasteiger partial charge in [-0.1, -0.05) is 12.1 Å². The van der Waals surface area contributed by atoms with E-state index in [1.807, 2.05) is 48.0 Å². The van der Waals surface area contributed by atoms with Crippen molar-refractivity contribution < 1.29 is 4.74 Å². The smallest absolute Gasteiger partial charge is 0.175 e. The van der Waals surface area contributed by atoms with Crippen LogP contribution in [0.15, 0.2) is 54.6 Å². The molecule has 26 heavy (non-hydrogen) atoms. The van der Waals surface area contributed by atoms with Crippen molar-refractivity contribution in [2.45, 2.75) is 20.4 Å². The van der Waals surface area contributed by atoms with Gasteiger partial charge in [0.15, 0.2) is 5.11 Å². The van der Waals surface area contributed by atoms with Gasteiger partial charge in [-0.2, -0.15) is 5.10 Å². The molecule has 3 aromatic rings. The lowest BCUT2D eigenvalue weighted by atomic mass is 10.2. The van der Waals surface area contributed by atoms with Crippen molar-refractivity contribution in [2.24, 2.45) is 0 Å². The number of methoxy groups -OCH3 is 1. The van der Waals surface area contributed by atoms with Gasteiger partial charge >= 0.3 is 0 Å². The molecule has 0 aliphatic rings. The fourth-order valence-corrected chi connectivity index (χ4v) is 2.96. The van der Waals surface area contributed by atoms with Gasteiger partial charge in [0.1, 0.15) is 5.75 Å². The minimum atomic E-state index is 0.540. The fourth-order valence-electron chi connectivity index (χ4n) is 2.72. The van der Waals surface area contributed by atoms with E-state index in [9.17, 15) is 0 Å². The Bertz CT molecular complexity index is 902. The van der Waals surface area contributed by atoms with Gasteiger partial charge in [0.2, 0.25) is 0 Å². The second-order valence-corrected chi connectivity index (χ2v) is 6.50. The Labute approximate surface area is 159 Å². The second kappa shape index (κ2) is 8.01. The molecule has 134 valence electrons. The van der Waals surface area contributed by atoms with Crippen LogP contribution >= 0.6 is 12.2 Å².